The Morgan fingerprint density at radius 3 is 2.44 bits per heavy atom. The number of nitrogens with one attached hydrogen (secondary N) is 1. The molecular weight excluding hydrogens is 406 g/mol. The van der Waals surface area contributed by atoms with E-state index in [9.17, 15) is 14.4 Å². The average molecular weight is 436 g/mol. The molecular formula is C25H29N3O4. The maximum atomic E-state index is 13.1. The van der Waals surface area contributed by atoms with Crippen LogP contribution >= 0.6 is 0 Å². The van der Waals surface area contributed by atoms with Crippen LogP contribution in [0.4, 0.5) is 10.5 Å². The first-order valence-corrected chi connectivity index (χ1v) is 11.2. The van der Waals surface area contributed by atoms with E-state index in [1.54, 1.807) is 25.2 Å². The van der Waals surface area contributed by atoms with Crippen molar-refractivity contribution in [2.24, 2.45) is 0 Å². The number of likely N-dealkylation sites (N-methyl/N-ethyl adjacent to an activating group) is 1. The fraction of sp³-hybridized carbons (Fsp3) is 0.400. The van der Waals surface area contributed by atoms with Gasteiger partial charge in [-0.25, -0.2) is 4.79 Å². The zero-order valence-electron chi connectivity index (χ0n) is 18.4. The van der Waals surface area contributed by atoms with Gasteiger partial charge >= 0.3 is 6.03 Å². The number of carbonyl (C=O) groups excluding carboxylic acids is 3. The van der Waals surface area contributed by atoms with Crippen molar-refractivity contribution in [3.8, 4) is 5.75 Å². The Bertz CT molecular complexity index is 986. The first-order valence-electron chi connectivity index (χ1n) is 11.2. The number of nitrogens with zero attached hydrogens (tertiary/aromatic N) is 2. The molecule has 32 heavy (non-hydrogen) atoms. The molecule has 1 spiro atoms. The van der Waals surface area contributed by atoms with Crippen LogP contribution in [0.5, 0.6) is 5.75 Å². The highest BCUT2D eigenvalue weighted by molar-refractivity contribution is 6.10. The van der Waals surface area contributed by atoms with Gasteiger partial charge in [0.1, 0.15) is 17.8 Å². The van der Waals surface area contributed by atoms with Gasteiger partial charge in [-0.05, 0) is 30.5 Å². The molecule has 4 rings (SSSR count). The molecule has 2 aliphatic rings. The maximum absolute atomic E-state index is 13.1. The van der Waals surface area contributed by atoms with Crippen LogP contribution < -0.4 is 10.1 Å². The fourth-order valence-electron chi connectivity index (χ4n) is 4.62. The molecule has 7 nitrogen and oxygen atoms in total. The predicted octanol–water partition coefficient (Wildman–Crippen LogP) is 3.84. The summed E-state index contributed by atoms with van der Waals surface area (Å²) in [4.78, 5) is 41.2. The van der Waals surface area contributed by atoms with E-state index >= 15 is 0 Å². The highest BCUT2D eigenvalue weighted by Crippen LogP contribution is 2.39. The van der Waals surface area contributed by atoms with E-state index in [4.69, 9.17) is 4.74 Å². The van der Waals surface area contributed by atoms with Gasteiger partial charge < -0.3 is 15.0 Å². The van der Waals surface area contributed by atoms with Gasteiger partial charge in [-0.15, -0.1) is 0 Å². The van der Waals surface area contributed by atoms with Gasteiger partial charge in [0.15, 0.2) is 0 Å². The Morgan fingerprint density at radius 2 is 1.69 bits per heavy atom. The molecule has 7 heteroatoms. The van der Waals surface area contributed by atoms with Crippen LogP contribution in [-0.2, 0) is 16.0 Å². The topological polar surface area (TPSA) is 79.0 Å². The lowest BCUT2D eigenvalue weighted by Crippen LogP contribution is -2.49. The Hall–Kier alpha value is -3.35. The van der Waals surface area contributed by atoms with Crippen LogP contribution in [0, 0.1) is 0 Å². The summed E-state index contributed by atoms with van der Waals surface area (Å²) in [7, 11) is 1.67. The summed E-state index contributed by atoms with van der Waals surface area (Å²) in [5, 5.41) is 2.80. The number of rotatable bonds is 7. The summed E-state index contributed by atoms with van der Waals surface area (Å²) in [6, 6.07) is 16.8. The van der Waals surface area contributed by atoms with Crippen LogP contribution in [0.3, 0.4) is 0 Å². The average Bonchev–Trinajstić information content (AvgIpc) is 2.98. The first kappa shape index (κ1) is 21.9. The van der Waals surface area contributed by atoms with Gasteiger partial charge in [0, 0.05) is 13.5 Å². The van der Waals surface area contributed by atoms with Crippen molar-refractivity contribution in [3.63, 3.8) is 0 Å². The monoisotopic (exact) mass is 435 g/mol. The van der Waals surface area contributed by atoms with Gasteiger partial charge in [0.05, 0.1) is 12.3 Å². The highest BCUT2D eigenvalue weighted by Gasteiger charge is 2.55. The van der Waals surface area contributed by atoms with Gasteiger partial charge in [-0.3, -0.25) is 14.5 Å². The summed E-state index contributed by atoms with van der Waals surface area (Å²) in [6.45, 7) is 0.162. The molecule has 1 saturated carbocycles. The number of ether oxygens (including phenoxy) is 1. The third-order valence-electron chi connectivity index (χ3n) is 6.44. The largest absolute Gasteiger partial charge is 0.491 e. The van der Waals surface area contributed by atoms with Crippen LogP contribution in [0.1, 0.15) is 37.7 Å². The van der Waals surface area contributed by atoms with E-state index in [1.165, 1.54) is 10.5 Å². The fourth-order valence-corrected chi connectivity index (χ4v) is 4.62. The predicted molar refractivity (Wildman–Crippen MR) is 121 cm³/mol. The molecule has 0 unspecified atom stereocenters. The second-order valence-corrected chi connectivity index (χ2v) is 8.45. The molecule has 2 aromatic rings. The number of hydrogen-bond acceptors (Lipinski definition) is 4. The molecule has 168 valence electrons. The summed E-state index contributed by atoms with van der Waals surface area (Å²) in [6.07, 6.45) is 4.95. The molecule has 2 aromatic carbocycles. The van der Waals surface area contributed by atoms with Gasteiger partial charge in [0.25, 0.3) is 5.91 Å². The number of benzene rings is 2. The van der Waals surface area contributed by atoms with Crippen LogP contribution in [0.15, 0.2) is 54.6 Å². The molecule has 0 atom stereocenters. The SMILES string of the molecule is CN1C(=O)N(CC(=O)Nc2ccccc2OCCc2ccccc2)C(=O)C12CCCCC2. The Morgan fingerprint density at radius 1 is 1.00 bits per heavy atom. The Labute approximate surface area is 188 Å². The Balaban J connectivity index is 1.38. The van der Waals surface area contributed by atoms with Crippen molar-refractivity contribution in [2.45, 2.75) is 44.1 Å². The van der Waals surface area contributed by atoms with Gasteiger partial charge in [-0.2, -0.15) is 0 Å². The minimum atomic E-state index is -0.784. The third-order valence-corrected chi connectivity index (χ3v) is 6.44. The molecule has 1 saturated heterocycles. The van der Waals surface area contributed by atoms with Crippen molar-refractivity contribution in [3.05, 3.63) is 60.2 Å². The van der Waals surface area contributed by atoms with E-state index in [0.29, 0.717) is 30.9 Å². The molecule has 1 heterocycles. The highest BCUT2D eigenvalue weighted by atomic mass is 16.5. The molecule has 0 radical (unpaired) electrons. The van der Waals surface area contributed by atoms with E-state index < -0.39 is 17.5 Å². The van der Waals surface area contributed by atoms with E-state index in [0.717, 1.165) is 30.6 Å². The second-order valence-electron chi connectivity index (χ2n) is 8.45. The molecule has 4 amide bonds. The van der Waals surface area contributed by atoms with E-state index in [-0.39, 0.29) is 12.5 Å². The van der Waals surface area contributed by atoms with Crippen LogP contribution in [0.25, 0.3) is 0 Å². The summed E-state index contributed by atoms with van der Waals surface area (Å²) >= 11 is 0. The van der Waals surface area contributed by atoms with Crippen LogP contribution in [-0.4, -0.2) is 53.4 Å². The molecule has 0 bridgehead atoms. The zero-order chi connectivity index (χ0) is 22.6. The first-order chi connectivity index (χ1) is 15.5. The quantitative estimate of drug-likeness (QED) is 0.670. The summed E-state index contributed by atoms with van der Waals surface area (Å²) in [5.41, 5.74) is 0.903. The molecule has 1 aliphatic heterocycles. The van der Waals surface area contributed by atoms with Crippen molar-refractivity contribution >= 4 is 23.5 Å². The number of hydrogen-bond donors (Lipinski definition) is 1. The lowest BCUT2D eigenvalue weighted by Gasteiger charge is -2.35. The number of carbonyl (C=O) groups is 3. The van der Waals surface area contributed by atoms with Crippen molar-refractivity contribution in [1.29, 1.82) is 0 Å². The van der Waals surface area contributed by atoms with Crippen LogP contribution in [0.2, 0.25) is 0 Å². The molecule has 1 aliphatic carbocycles. The minimum absolute atomic E-state index is 0.257. The van der Waals surface area contributed by atoms with Gasteiger partial charge in [0.2, 0.25) is 5.91 Å². The number of anilines is 1. The number of urea groups is 1. The normalized spacial score (nSPS) is 17.7. The number of imide groups is 1. The minimum Gasteiger partial charge on any atom is -0.491 e. The van der Waals surface area contributed by atoms with E-state index in [2.05, 4.69) is 5.32 Å². The lowest BCUT2D eigenvalue weighted by atomic mass is 9.81. The third kappa shape index (κ3) is 4.33. The zero-order valence-corrected chi connectivity index (χ0v) is 18.4. The lowest BCUT2D eigenvalue weighted by molar-refractivity contribution is -0.136. The molecule has 1 N–H and O–H groups in total. The standard InChI is InChI=1S/C25H29N3O4/c1-27-24(31)28(23(30)25(27)15-8-3-9-16-25)18-22(29)26-20-12-6-7-13-21(20)32-17-14-19-10-4-2-5-11-19/h2,4-7,10-13H,3,8-9,14-18H2,1H3,(H,26,29). The van der Waals surface area contributed by atoms with Crippen molar-refractivity contribution < 1.29 is 19.1 Å². The molecule has 0 aromatic heterocycles. The van der Waals surface area contributed by atoms with Crippen molar-refractivity contribution in [2.75, 3.05) is 25.5 Å². The van der Waals surface area contributed by atoms with Gasteiger partial charge in [-0.1, -0.05) is 61.7 Å². The van der Waals surface area contributed by atoms with Crippen molar-refractivity contribution in [1.82, 2.24) is 9.80 Å². The molecule has 2 fully saturated rings. The Kier molecular flexibility index (Phi) is 6.44. The number of para-hydroxylation sites is 2. The van der Waals surface area contributed by atoms with E-state index in [1.807, 2.05) is 36.4 Å². The smallest absolute Gasteiger partial charge is 0.327 e. The summed E-state index contributed by atoms with van der Waals surface area (Å²) in [5.74, 6) is -0.129. The number of amides is 4. The second kappa shape index (κ2) is 9.42. The summed E-state index contributed by atoms with van der Waals surface area (Å²) < 4.78 is 5.89. The maximum Gasteiger partial charge on any atom is 0.327 e.